The molecule has 1 aliphatic carbocycles. The first kappa shape index (κ1) is 15.6. The molecule has 21 heavy (non-hydrogen) atoms. The molecule has 0 atom stereocenters. The molecule has 0 spiro atoms. The summed E-state index contributed by atoms with van der Waals surface area (Å²) in [5, 5.41) is 3.42. The first-order valence-corrected chi connectivity index (χ1v) is 7.90. The quantitative estimate of drug-likeness (QED) is 0.832. The van der Waals surface area contributed by atoms with Gasteiger partial charge in [-0.05, 0) is 25.8 Å². The summed E-state index contributed by atoms with van der Waals surface area (Å²) in [7, 11) is 0. The number of aromatic nitrogens is 1. The summed E-state index contributed by atoms with van der Waals surface area (Å²) in [6.45, 7) is 2.13. The number of nitrogen functional groups attached to an aromatic ring is 1. The van der Waals surface area contributed by atoms with E-state index in [1.807, 2.05) is 0 Å². The highest BCUT2D eigenvalue weighted by molar-refractivity contribution is 5.95. The van der Waals surface area contributed by atoms with E-state index in [9.17, 15) is 4.79 Å². The van der Waals surface area contributed by atoms with Gasteiger partial charge < -0.3 is 15.8 Å². The van der Waals surface area contributed by atoms with Crippen molar-refractivity contribution in [2.45, 2.75) is 57.9 Å². The van der Waals surface area contributed by atoms with Crippen LogP contribution in [0.25, 0.3) is 0 Å². The van der Waals surface area contributed by atoms with Crippen molar-refractivity contribution in [2.75, 3.05) is 17.7 Å². The van der Waals surface area contributed by atoms with E-state index in [0.717, 1.165) is 12.8 Å². The Labute approximate surface area is 126 Å². The molecule has 1 aromatic rings. The van der Waals surface area contributed by atoms with Crippen LogP contribution in [0.4, 0.5) is 11.5 Å². The Kier molecular flexibility index (Phi) is 5.84. The lowest BCUT2D eigenvalue weighted by Gasteiger charge is -2.22. The largest absolute Gasteiger partial charge is 0.462 e. The molecule has 5 heteroatoms. The molecule has 2 rings (SSSR count). The summed E-state index contributed by atoms with van der Waals surface area (Å²) >= 11 is 0. The smallest absolute Gasteiger partial charge is 0.341 e. The van der Waals surface area contributed by atoms with E-state index < -0.39 is 0 Å². The lowest BCUT2D eigenvalue weighted by atomic mass is 9.96. The molecule has 0 radical (unpaired) electrons. The van der Waals surface area contributed by atoms with Gasteiger partial charge in [-0.1, -0.05) is 32.1 Å². The number of ether oxygens (including phenoxy) is 1. The lowest BCUT2D eigenvalue weighted by Crippen LogP contribution is -2.23. The van der Waals surface area contributed by atoms with E-state index >= 15 is 0 Å². The van der Waals surface area contributed by atoms with E-state index in [4.69, 9.17) is 10.5 Å². The summed E-state index contributed by atoms with van der Waals surface area (Å²) in [6.07, 6.45) is 10.2. The van der Waals surface area contributed by atoms with E-state index in [1.54, 1.807) is 19.2 Å². The van der Waals surface area contributed by atoms with Crippen LogP contribution in [-0.4, -0.2) is 23.6 Å². The van der Waals surface area contributed by atoms with Crippen molar-refractivity contribution >= 4 is 17.5 Å². The number of rotatable bonds is 4. The number of hydrogen-bond donors (Lipinski definition) is 2. The summed E-state index contributed by atoms with van der Waals surface area (Å²) < 4.78 is 5.08. The third-order valence-corrected chi connectivity index (χ3v) is 3.85. The minimum atomic E-state index is -0.370. The highest BCUT2D eigenvalue weighted by Crippen LogP contribution is 2.23. The number of pyridine rings is 1. The summed E-state index contributed by atoms with van der Waals surface area (Å²) in [4.78, 5) is 16.3. The molecule has 0 saturated heterocycles. The van der Waals surface area contributed by atoms with Gasteiger partial charge in [0.2, 0.25) is 0 Å². The second kappa shape index (κ2) is 7.86. The molecule has 1 saturated carbocycles. The van der Waals surface area contributed by atoms with Crippen LogP contribution in [0.1, 0.15) is 62.2 Å². The van der Waals surface area contributed by atoms with Gasteiger partial charge in [0.1, 0.15) is 11.4 Å². The van der Waals surface area contributed by atoms with Crippen molar-refractivity contribution in [1.82, 2.24) is 4.98 Å². The van der Waals surface area contributed by atoms with Crippen molar-refractivity contribution in [3.63, 3.8) is 0 Å². The number of carbonyl (C=O) groups is 1. The molecule has 1 heterocycles. The van der Waals surface area contributed by atoms with E-state index in [0.29, 0.717) is 29.7 Å². The fourth-order valence-corrected chi connectivity index (χ4v) is 2.75. The van der Waals surface area contributed by atoms with Crippen LogP contribution < -0.4 is 11.1 Å². The van der Waals surface area contributed by atoms with E-state index in [2.05, 4.69) is 10.3 Å². The zero-order chi connectivity index (χ0) is 15.1. The van der Waals surface area contributed by atoms with E-state index in [-0.39, 0.29) is 5.97 Å². The van der Waals surface area contributed by atoms with Gasteiger partial charge in [0.15, 0.2) is 0 Å². The second-order valence-electron chi connectivity index (χ2n) is 5.57. The summed E-state index contributed by atoms with van der Waals surface area (Å²) in [6, 6.07) is 2.01. The minimum Gasteiger partial charge on any atom is -0.462 e. The van der Waals surface area contributed by atoms with Crippen LogP contribution >= 0.6 is 0 Å². The highest BCUT2D eigenvalue weighted by Gasteiger charge is 2.18. The molecule has 0 aliphatic heterocycles. The number of nitrogens with zero attached hydrogens (tertiary/aromatic N) is 1. The zero-order valence-corrected chi connectivity index (χ0v) is 12.7. The molecular formula is C16H25N3O2. The molecule has 1 aromatic heterocycles. The Balaban J connectivity index is 2.12. The van der Waals surface area contributed by atoms with Crippen molar-refractivity contribution in [3.05, 3.63) is 17.8 Å². The maximum Gasteiger partial charge on any atom is 0.341 e. The molecule has 5 nitrogen and oxygen atoms in total. The molecular weight excluding hydrogens is 266 g/mol. The predicted molar refractivity (Wildman–Crippen MR) is 84.3 cm³/mol. The second-order valence-corrected chi connectivity index (χ2v) is 5.57. The van der Waals surface area contributed by atoms with Crippen LogP contribution in [0.3, 0.4) is 0 Å². The molecule has 0 bridgehead atoms. The topological polar surface area (TPSA) is 77.2 Å². The molecule has 0 unspecified atom stereocenters. The normalized spacial score (nSPS) is 16.8. The number of esters is 1. The molecule has 0 aromatic carbocycles. The van der Waals surface area contributed by atoms with Gasteiger partial charge in [-0.15, -0.1) is 0 Å². The Hall–Kier alpha value is -1.78. The van der Waals surface area contributed by atoms with E-state index in [1.165, 1.54) is 32.1 Å². The van der Waals surface area contributed by atoms with Crippen molar-refractivity contribution in [2.24, 2.45) is 0 Å². The minimum absolute atomic E-state index is 0.344. The Morgan fingerprint density at radius 2 is 2.00 bits per heavy atom. The number of hydrogen-bond acceptors (Lipinski definition) is 5. The van der Waals surface area contributed by atoms with Gasteiger partial charge in [-0.2, -0.15) is 0 Å². The van der Waals surface area contributed by atoms with Crippen molar-refractivity contribution < 1.29 is 9.53 Å². The molecule has 1 fully saturated rings. The number of anilines is 2. The van der Waals surface area contributed by atoms with Gasteiger partial charge in [-0.3, -0.25) is 0 Å². The standard InChI is InChI=1S/C16H25N3O2/c1-2-21-16(20)14-10-12(17)11-18-15(14)19-13-8-6-4-3-5-7-9-13/h10-11,13H,2-9,17H2,1H3,(H,18,19). The van der Waals surface area contributed by atoms with Crippen LogP contribution in [-0.2, 0) is 4.74 Å². The number of nitrogens with one attached hydrogen (secondary N) is 1. The number of nitrogens with two attached hydrogens (primary N) is 1. The van der Waals surface area contributed by atoms with Crippen LogP contribution in [0, 0.1) is 0 Å². The fourth-order valence-electron chi connectivity index (χ4n) is 2.75. The molecule has 1 aliphatic rings. The Morgan fingerprint density at radius 3 is 2.67 bits per heavy atom. The van der Waals surface area contributed by atoms with Crippen LogP contribution in [0.5, 0.6) is 0 Å². The van der Waals surface area contributed by atoms with Gasteiger partial charge in [0, 0.05) is 6.04 Å². The molecule has 0 amide bonds. The zero-order valence-electron chi connectivity index (χ0n) is 12.7. The lowest BCUT2D eigenvalue weighted by molar-refractivity contribution is 0.0527. The summed E-state index contributed by atoms with van der Waals surface area (Å²) in [5.41, 5.74) is 6.65. The maximum atomic E-state index is 12.0. The van der Waals surface area contributed by atoms with Crippen molar-refractivity contribution in [3.8, 4) is 0 Å². The fraction of sp³-hybridized carbons (Fsp3) is 0.625. The first-order chi connectivity index (χ1) is 10.2. The first-order valence-electron chi connectivity index (χ1n) is 7.90. The predicted octanol–water partition coefficient (Wildman–Crippen LogP) is 3.37. The highest BCUT2D eigenvalue weighted by atomic mass is 16.5. The third kappa shape index (κ3) is 4.62. The average Bonchev–Trinajstić information content (AvgIpc) is 2.43. The molecule has 3 N–H and O–H groups in total. The van der Waals surface area contributed by atoms with Crippen LogP contribution in [0.15, 0.2) is 12.3 Å². The van der Waals surface area contributed by atoms with Gasteiger partial charge in [0.25, 0.3) is 0 Å². The van der Waals surface area contributed by atoms with Gasteiger partial charge in [0.05, 0.1) is 18.5 Å². The Morgan fingerprint density at radius 1 is 1.33 bits per heavy atom. The SMILES string of the molecule is CCOC(=O)c1cc(N)cnc1NC1CCCCCCC1. The third-order valence-electron chi connectivity index (χ3n) is 3.85. The average molecular weight is 291 g/mol. The van der Waals surface area contributed by atoms with Gasteiger partial charge >= 0.3 is 5.97 Å². The summed E-state index contributed by atoms with van der Waals surface area (Å²) in [5.74, 6) is 0.221. The molecule has 116 valence electrons. The number of carbonyl (C=O) groups excluding carboxylic acids is 1. The monoisotopic (exact) mass is 291 g/mol. The van der Waals surface area contributed by atoms with Crippen molar-refractivity contribution in [1.29, 1.82) is 0 Å². The van der Waals surface area contributed by atoms with Gasteiger partial charge in [-0.25, -0.2) is 9.78 Å². The maximum absolute atomic E-state index is 12.0. The van der Waals surface area contributed by atoms with Crippen LogP contribution in [0.2, 0.25) is 0 Å². The Bertz CT molecular complexity index is 469.